The fourth-order valence-electron chi connectivity index (χ4n) is 2.10. The van der Waals surface area contributed by atoms with Crippen LogP contribution in [-0.2, 0) is 0 Å². The predicted octanol–water partition coefficient (Wildman–Crippen LogP) is 2.13. The van der Waals surface area contributed by atoms with E-state index in [4.69, 9.17) is 5.73 Å². The minimum atomic E-state index is 0.468. The van der Waals surface area contributed by atoms with Gasteiger partial charge in [-0.05, 0) is 30.6 Å². The van der Waals surface area contributed by atoms with Gasteiger partial charge in [0.05, 0.1) is 0 Å². The van der Waals surface area contributed by atoms with Crippen molar-refractivity contribution < 1.29 is 0 Å². The Hall–Kier alpha value is -0.730. The first-order valence-corrected chi connectivity index (χ1v) is 5.95. The van der Waals surface area contributed by atoms with Crippen LogP contribution in [0.2, 0.25) is 0 Å². The minimum absolute atomic E-state index is 0.468. The molecule has 0 aromatic heterocycles. The molecule has 1 atom stereocenters. The smallest absolute Gasteiger partial charge is 0.188 e. The Morgan fingerprint density at radius 3 is 2.67 bits per heavy atom. The highest BCUT2D eigenvalue weighted by Gasteiger charge is 2.30. The molecule has 3 nitrogen and oxygen atoms in total. The molecule has 1 saturated carbocycles. The van der Waals surface area contributed by atoms with Crippen molar-refractivity contribution in [3.05, 3.63) is 0 Å². The molecule has 0 amide bonds. The monoisotopic (exact) mass is 211 g/mol. The van der Waals surface area contributed by atoms with E-state index in [1.54, 1.807) is 0 Å². The van der Waals surface area contributed by atoms with E-state index in [1.165, 1.54) is 19.3 Å². The molecule has 0 bridgehead atoms. The van der Waals surface area contributed by atoms with Crippen LogP contribution in [0.15, 0.2) is 4.99 Å². The Morgan fingerprint density at radius 1 is 1.53 bits per heavy atom. The van der Waals surface area contributed by atoms with Crippen molar-refractivity contribution in [3.63, 3.8) is 0 Å². The molecular formula is C12H25N3. The lowest BCUT2D eigenvalue weighted by molar-refractivity contribution is 0.372. The van der Waals surface area contributed by atoms with Crippen molar-refractivity contribution in [1.29, 1.82) is 0 Å². The van der Waals surface area contributed by atoms with Gasteiger partial charge in [-0.25, -0.2) is 0 Å². The molecule has 0 aliphatic heterocycles. The molecule has 1 fully saturated rings. The van der Waals surface area contributed by atoms with E-state index in [9.17, 15) is 0 Å². The van der Waals surface area contributed by atoms with E-state index < -0.39 is 0 Å². The van der Waals surface area contributed by atoms with Crippen LogP contribution in [-0.4, -0.2) is 18.5 Å². The van der Waals surface area contributed by atoms with Crippen molar-refractivity contribution in [3.8, 4) is 0 Å². The average molecular weight is 211 g/mol. The summed E-state index contributed by atoms with van der Waals surface area (Å²) in [4.78, 5) is 4.32. The molecule has 0 heterocycles. The summed E-state index contributed by atoms with van der Waals surface area (Å²) in [5, 5.41) is 3.32. The maximum absolute atomic E-state index is 5.83. The highest BCUT2D eigenvalue weighted by molar-refractivity contribution is 5.78. The van der Waals surface area contributed by atoms with Crippen molar-refractivity contribution in [2.24, 2.45) is 22.1 Å². The summed E-state index contributed by atoms with van der Waals surface area (Å²) < 4.78 is 0. The zero-order chi connectivity index (χ0) is 11.5. The number of rotatable bonds is 3. The number of hydrogen-bond donors (Lipinski definition) is 2. The maximum atomic E-state index is 5.83. The van der Waals surface area contributed by atoms with E-state index in [2.05, 4.69) is 38.0 Å². The molecule has 0 radical (unpaired) electrons. The van der Waals surface area contributed by atoms with E-state index in [0.717, 1.165) is 6.54 Å². The average Bonchev–Trinajstić information content (AvgIpc) is 2.42. The second-order valence-electron chi connectivity index (χ2n) is 5.87. The van der Waals surface area contributed by atoms with Gasteiger partial charge in [-0.3, -0.25) is 4.99 Å². The molecule has 1 unspecified atom stereocenters. The Labute approximate surface area is 93.5 Å². The number of nitrogens with one attached hydrogen (secondary N) is 1. The van der Waals surface area contributed by atoms with Crippen LogP contribution in [0.5, 0.6) is 0 Å². The Balaban J connectivity index is 2.33. The normalized spacial score (nSPS) is 25.9. The largest absolute Gasteiger partial charge is 0.370 e. The SMILES string of the molecule is CC(C)CN=C(N)NC1CCC(C)(C)C1. The molecule has 0 aromatic carbocycles. The Morgan fingerprint density at radius 2 is 2.20 bits per heavy atom. The van der Waals surface area contributed by atoms with Crippen LogP contribution in [0.3, 0.4) is 0 Å². The van der Waals surface area contributed by atoms with Crippen LogP contribution in [0.25, 0.3) is 0 Å². The predicted molar refractivity (Wildman–Crippen MR) is 65.9 cm³/mol. The van der Waals surface area contributed by atoms with Crippen molar-refractivity contribution in [1.82, 2.24) is 5.32 Å². The topological polar surface area (TPSA) is 50.4 Å². The van der Waals surface area contributed by atoms with E-state index >= 15 is 0 Å². The molecule has 0 aromatic rings. The third-order valence-electron chi connectivity index (χ3n) is 2.95. The number of nitrogens with zero attached hydrogens (tertiary/aromatic N) is 1. The van der Waals surface area contributed by atoms with Gasteiger partial charge in [0.2, 0.25) is 0 Å². The van der Waals surface area contributed by atoms with Crippen molar-refractivity contribution in [2.45, 2.75) is 53.0 Å². The van der Waals surface area contributed by atoms with Crippen LogP contribution >= 0.6 is 0 Å². The quantitative estimate of drug-likeness (QED) is 0.555. The minimum Gasteiger partial charge on any atom is -0.370 e. The third-order valence-corrected chi connectivity index (χ3v) is 2.95. The first kappa shape index (κ1) is 12.3. The first-order valence-electron chi connectivity index (χ1n) is 5.95. The molecular weight excluding hydrogens is 186 g/mol. The summed E-state index contributed by atoms with van der Waals surface area (Å²) in [6, 6.07) is 0.524. The fourth-order valence-corrected chi connectivity index (χ4v) is 2.10. The standard InChI is InChI=1S/C12H25N3/c1-9(2)8-14-11(13)15-10-5-6-12(3,4)7-10/h9-10H,5-8H2,1-4H3,(H3,13,14,15). The number of hydrogen-bond acceptors (Lipinski definition) is 1. The van der Waals surface area contributed by atoms with Gasteiger partial charge in [-0.2, -0.15) is 0 Å². The molecule has 0 spiro atoms. The molecule has 15 heavy (non-hydrogen) atoms. The maximum Gasteiger partial charge on any atom is 0.188 e. The summed E-state index contributed by atoms with van der Waals surface area (Å²) in [5.74, 6) is 1.19. The van der Waals surface area contributed by atoms with Crippen molar-refractivity contribution >= 4 is 5.96 Å². The second-order valence-corrected chi connectivity index (χ2v) is 5.87. The molecule has 1 aliphatic carbocycles. The van der Waals surface area contributed by atoms with Crippen LogP contribution < -0.4 is 11.1 Å². The Bertz CT molecular complexity index is 231. The van der Waals surface area contributed by atoms with Gasteiger partial charge in [0.1, 0.15) is 0 Å². The first-order chi connectivity index (χ1) is 6.89. The summed E-state index contributed by atoms with van der Waals surface area (Å²) in [5.41, 5.74) is 6.30. The number of nitrogens with two attached hydrogens (primary N) is 1. The van der Waals surface area contributed by atoms with Crippen molar-refractivity contribution in [2.75, 3.05) is 6.54 Å². The molecule has 3 heteroatoms. The summed E-state index contributed by atoms with van der Waals surface area (Å²) in [6.07, 6.45) is 3.69. The second kappa shape index (κ2) is 4.86. The van der Waals surface area contributed by atoms with E-state index in [0.29, 0.717) is 23.3 Å². The van der Waals surface area contributed by atoms with Crippen LogP contribution in [0, 0.1) is 11.3 Å². The zero-order valence-electron chi connectivity index (χ0n) is 10.5. The van der Waals surface area contributed by atoms with Gasteiger partial charge in [-0.1, -0.05) is 27.7 Å². The lowest BCUT2D eigenvalue weighted by Gasteiger charge is -2.18. The van der Waals surface area contributed by atoms with Gasteiger partial charge in [0, 0.05) is 12.6 Å². The Kier molecular flexibility index (Phi) is 4.00. The van der Waals surface area contributed by atoms with Gasteiger partial charge in [0.25, 0.3) is 0 Å². The molecule has 1 aliphatic rings. The zero-order valence-corrected chi connectivity index (χ0v) is 10.5. The summed E-state index contributed by atoms with van der Waals surface area (Å²) in [7, 11) is 0. The van der Waals surface area contributed by atoms with Gasteiger partial charge >= 0.3 is 0 Å². The van der Waals surface area contributed by atoms with Gasteiger partial charge < -0.3 is 11.1 Å². The van der Waals surface area contributed by atoms with Gasteiger partial charge in [-0.15, -0.1) is 0 Å². The van der Waals surface area contributed by atoms with E-state index in [-0.39, 0.29) is 0 Å². The molecule has 1 rings (SSSR count). The van der Waals surface area contributed by atoms with E-state index in [1.807, 2.05) is 0 Å². The summed E-state index contributed by atoms with van der Waals surface area (Å²) >= 11 is 0. The molecule has 88 valence electrons. The molecule has 3 N–H and O–H groups in total. The lowest BCUT2D eigenvalue weighted by Crippen LogP contribution is -2.39. The number of guanidine groups is 1. The lowest BCUT2D eigenvalue weighted by atomic mass is 9.92. The van der Waals surface area contributed by atoms with Gasteiger partial charge in [0.15, 0.2) is 5.96 Å². The highest BCUT2D eigenvalue weighted by Crippen LogP contribution is 2.36. The third kappa shape index (κ3) is 4.54. The highest BCUT2D eigenvalue weighted by atomic mass is 15.1. The van der Waals surface area contributed by atoms with Crippen LogP contribution in [0.4, 0.5) is 0 Å². The number of aliphatic imine (C=N–C) groups is 1. The summed E-state index contributed by atoms with van der Waals surface area (Å²) in [6.45, 7) is 9.74. The fraction of sp³-hybridized carbons (Fsp3) is 0.917. The van der Waals surface area contributed by atoms with Crippen LogP contribution in [0.1, 0.15) is 47.0 Å². The molecule has 0 saturated heterocycles.